The second kappa shape index (κ2) is 5.56. The first-order valence-corrected chi connectivity index (χ1v) is 9.22. The van der Waals surface area contributed by atoms with Gasteiger partial charge in [-0.15, -0.1) is 0 Å². The van der Waals surface area contributed by atoms with Gasteiger partial charge in [0.2, 0.25) is 0 Å². The summed E-state index contributed by atoms with van der Waals surface area (Å²) in [5.41, 5.74) is 0.425. The normalized spacial score (nSPS) is 41.6. The third-order valence-corrected chi connectivity index (χ3v) is 6.95. The Kier molecular flexibility index (Phi) is 4.20. The van der Waals surface area contributed by atoms with Gasteiger partial charge >= 0.3 is 7.12 Å². The van der Waals surface area contributed by atoms with Gasteiger partial charge in [0.25, 0.3) is 0 Å². The topological polar surface area (TPSA) is 18.5 Å². The molecule has 0 amide bonds. The Morgan fingerprint density at radius 3 is 2.57 bits per heavy atom. The summed E-state index contributed by atoms with van der Waals surface area (Å²) >= 11 is 0. The molecule has 1 saturated heterocycles. The maximum Gasteiger partial charge on any atom is 0.460 e. The largest absolute Gasteiger partial charge is 0.460 e. The quantitative estimate of drug-likeness (QED) is 0.502. The van der Waals surface area contributed by atoms with E-state index in [0.717, 1.165) is 5.92 Å². The molecule has 1 heterocycles. The maximum atomic E-state index is 6.54. The van der Waals surface area contributed by atoms with E-state index in [9.17, 15) is 0 Å². The minimum atomic E-state index is -0.0272. The van der Waals surface area contributed by atoms with Crippen LogP contribution >= 0.6 is 0 Å². The van der Waals surface area contributed by atoms with Crippen LogP contribution in [0.1, 0.15) is 79.6 Å². The van der Waals surface area contributed by atoms with Crippen LogP contribution < -0.4 is 0 Å². The highest BCUT2D eigenvalue weighted by atomic mass is 16.7. The lowest BCUT2D eigenvalue weighted by Gasteiger charge is -2.64. The van der Waals surface area contributed by atoms with E-state index < -0.39 is 0 Å². The molecular weight excluding hydrogens is 259 g/mol. The van der Waals surface area contributed by atoms with E-state index in [2.05, 4.69) is 34.6 Å². The Balaban J connectivity index is 1.57. The molecule has 0 aromatic rings. The van der Waals surface area contributed by atoms with Crippen molar-refractivity contribution in [3.8, 4) is 0 Å². The Labute approximate surface area is 131 Å². The monoisotopic (exact) mass is 292 g/mol. The van der Waals surface area contributed by atoms with E-state index in [-0.39, 0.29) is 12.7 Å². The zero-order chi connectivity index (χ0) is 15.3. The number of hydrogen-bond donors (Lipinski definition) is 0. The fourth-order valence-corrected chi connectivity index (χ4v) is 5.17. The molecule has 2 nitrogen and oxygen atoms in total. The fraction of sp³-hybridized carbons (Fsp3) is 1.00. The molecule has 5 atom stereocenters. The van der Waals surface area contributed by atoms with Gasteiger partial charge in [0.05, 0.1) is 11.7 Å². The van der Waals surface area contributed by atoms with E-state index in [1.807, 2.05) is 0 Å². The zero-order valence-electron chi connectivity index (χ0n) is 14.7. The third-order valence-electron chi connectivity index (χ3n) is 6.95. The van der Waals surface area contributed by atoms with Crippen molar-refractivity contribution in [3.63, 3.8) is 0 Å². The van der Waals surface area contributed by atoms with Gasteiger partial charge < -0.3 is 9.31 Å². The molecule has 3 heteroatoms. The average molecular weight is 292 g/mol. The van der Waals surface area contributed by atoms with Gasteiger partial charge in [0, 0.05) is 0 Å². The van der Waals surface area contributed by atoms with Gasteiger partial charge in [0.15, 0.2) is 0 Å². The summed E-state index contributed by atoms with van der Waals surface area (Å²) in [6, 6.07) is 0. The lowest BCUT2D eigenvalue weighted by molar-refractivity contribution is -0.199. The van der Waals surface area contributed by atoms with Crippen LogP contribution in [-0.2, 0) is 9.31 Å². The summed E-state index contributed by atoms with van der Waals surface area (Å²) in [6.45, 7) is 11.8. The van der Waals surface area contributed by atoms with Crippen LogP contribution in [0.4, 0.5) is 0 Å². The van der Waals surface area contributed by atoms with Crippen LogP contribution in [0.2, 0.25) is 5.82 Å². The van der Waals surface area contributed by atoms with Crippen molar-refractivity contribution in [2.24, 2.45) is 17.3 Å². The van der Waals surface area contributed by atoms with Crippen molar-refractivity contribution in [1.82, 2.24) is 0 Å². The summed E-state index contributed by atoms with van der Waals surface area (Å²) in [5.74, 6) is 2.07. The van der Waals surface area contributed by atoms with Gasteiger partial charge in [-0.1, -0.05) is 59.8 Å². The van der Waals surface area contributed by atoms with Crippen LogP contribution in [0.25, 0.3) is 0 Å². The smallest absolute Gasteiger partial charge is 0.405 e. The molecule has 3 aliphatic carbocycles. The van der Waals surface area contributed by atoms with Gasteiger partial charge in [-0.05, 0) is 42.8 Å². The summed E-state index contributed by atoms with van der Waals surface area (Å²) in [4.78, 5) is 0. The molecular formula is C18H33BO2. The first-order chi connectivity index (χ1) is 9.89. The molecule has 2 unspecified atom stereocenters. The van der Waals surface area contributed by atoms with E-state index in [1.54, 1.807) is 0 Å². The highest BCUT2D eigenvalue weighted by molar-refractivity contribution is 6.47. The van der Waals surface area contributed by atoms with Crippen molar-refractivity contribution in [2.75, 3.05) is 0 Å². The summed E-state index contributed by atoms with van der Waals surface area (Å²) < 4.78 is 12.9. The summed E-state index contributed by atoms with van der Waals surface area (Å²) in [6.07, 6.45) is 9.48. The van der Waals surface area contributed by atoms with Gasteiger partial charge in [-0.2, -0.15) is 0 Å². The Hall–Kier alpha value is -0.0151. The van der Waals surface area contributed by atoms with E-state index in [0.29, 0.717) is 23.3 Å². The van der Waals surface area contributed by atoms with Gasteiger partial charge in [-0.25, -0.2) is 0 Å². The molecule has 4 aliphatic rings. The number of rotatable bonds is 6. The molecule has 4 rings (SSSR count). The van der Waals surface area contributed by atoms with Crippen LogP contribution in [0.15, 0.2) is 0 Å². The Bertz CT molecular complexity index is 383. The van der Waals surface area contributed by atoms with Crippen LogP contribution in [0.3, 0.4) is 0 Å². The Morgan fingerprint density at radius 1 is 1.14 bits per heavy atom. The molecule has 3 saturated carbocycles. The van der Waals surface area contributed by atoms with E-state index >= 15 is 0 Å². The van der Waals surface area contributed by atoms with Crippen LogP contribution in [0.5, 0.6) is 0 Å². The van der Waals surface area contributed by atoms with Crippen molar-refractivity contribution in [3.05, 3.63) is 0 Å². The zero-order valence-corrected chi connectivity index (χ0v) is 14.7. The molecule has 0 aromatic heterocycles. The van der Waals surface area contributed by atoms with Crippen LogP contribution in [-0.4, -0.2) is 18.8 Å². The lowest BCUT2D eigenvalue weighted by Crippen LogP contribution is -2.65. The SMILES string of the molecule is CCCCCC[C@H](C)B1O[C@H]2CC3CC(C3(C)C)[C@]2(C)O1. The molecule has 0 N–H and O–H groups in total. The average Bonchev–Trinajstić information content (AvgIpc) is 2.80. The molecule has 0 radical (unpaired) electrons. The molecule has 0 aromatic carbocycles. The summed E-state index contributed by atoms with van der Waals surface area (Å²) in [5, 5.41) is 0. The lowest BCUT2D eigenvalue weighted by atomic mass is 9.43. The third kappa shape index (κ3) is 2.49. The predicted molar refractivity (Wildman–Crippen MR) is 88.3 cm³/mol. The first kappa shape index (κ1) is 15.9. The molecule has 2 bridgehead atoms. The summed E-state index contributed by atoms with van der Waals surface area (Å²) in [7, 11) is 0.0387. The minimum Gasteiger partial charge on any atom is -0.405 e. The molecule has 21 heavy (non-hydrogen) atoms. The van der Waals surface area contributed by atoms with Crippen molar-refractivity contribution >= 4 is 7.12 Å². The van der Waals surface area contributed by atoms with Crippen molar-refractivity contribution in [2.45, 2.75) is 97.1 Å². The van der Waals surface area contributed by atoms with E-state index in [1.165, 1.54) is 44.9 Å². The maximum absolute atomic E-state index is 6.54. The molecule has 120 valence electrons. The van der Waals surface area contributed by atoms with Crippen molar-refractivity contribution < 1.29 is 9.31 Å². The molecule has 0 spiro atoms. The highest BCUT2D eigenvalue weighted by Gasteiger charge is 2.68. The highest BCUT2D eigenvalue weighted by Crippen LogP contribution is 2.66. The van der Waals surface area contributed by atoms with E-state index in [4.69, 9.17) is 9.31 Å². The molecule has 1 aliphatic heterocycles. The number of unbranched alkanes of at least 4 members (excludes halogenated alkanes) is 3. The number of hydrogen-bond acceptors (Lipinski definition) is 2. The standard InChI is InChI=1S/C18H33BO2/c1-6-7-8-9-10-13(2)19-20-16-12-14-11-15(17(14,3)4)18(16,5)21-19/h13-16H,6-12H2,1-5H3/t13-,14?,15?,16-,18-/m0/s1. The minimum absolute atomic E-state index is 0.0272. The van der Waals surface area contributed by atoms with Gasteiger partial charge in [0.1, 0.15) is 0 Å². The Morgan fingerprint density at radius 2 is 1.90 bits per heavy atom. The van der Waals surface area contributed by atoms with Gasteiger partial charge in [-0.3, -0.25) is 0 Å². The predicted octanol–water partition coefficient (Wildman–Crippen LogP) is 5.08. The fourth-order valence-electron chi connectivity index (χ4n) is 5.17. The molecule has 4 fully saturated rings. The van der Waals surface area contributed by atoms with Crippen molar-refractivity contribution in [1.29, 1.82) is 0 Å². The second-order valence-electron chi connectivity index (χ2n) is 8.66. The second-order valence-corrected chi connectivity index (χ2v) is 8.66. The van der Waals surface area contributed by atoms with Crippen LogP contribution in [0, 0.1) is 17.3 Å². The first-order valence-electron chi connectivity index (χ1n) is 9.22.